The molecule has 2 aromatic rings. The van der Waals surface area contributed by atoms with Gasteiger partial charge in [0, 0.05) is 49.6 Å². The highest BCUT2D eigenvalue weighted by Crippen LogP contribution is 2.27. The van der Waals surface area contributed by atoms with Gasteiger partial charge in [-0.05, 0) is 36.1 Å². The summed E-state index contributed by atoms with van der Waals surface area (Å²) in [4.78, 5) is 18.7. The van der Waals surface area contributed by atoms with Crippen molar-refractivity contribution in [1.82, 2.24) is 20.4 Å². The molecule has 2 aliphatic rings. The zero-order chi connectivity index (χ0) is 16.5. The van der Waals surface area contributed by atoms with E-state index in [0.29, 0.717) is 41.4 Å². The number of carbonyl (C=O) groups is 1. The number of carbonyl (C=O) groups excluding carboxylic acids is 1. The molecule has 1 N–H and O–H groups in total. The van der Waals surface area contributed by atoms with Crippen LogP contribution in [0.25, 0.3) is 11.4 Å². The maximum atomic E-state index is 12.4. The maximum Gasteiger partial charge on any atom is 0.227 e. The summed E-state index contributed by atoms with van der Waals surface area (Å²) in [6.45, 7) is 3.80. The minimum absolute atomic E-state index is 0.177. The molecule has 0 spiro atoms. The Bertz CT molecular complexity index is 718. The first kappa shape index (κ1) is 15.6. The number of fused-ring (bicyclic) bond motifs is 1. The Balaban J connectivity index is 1.33. The Kier molecular flexibility index (Phi) is 4.24. The van der Waals surface area contributed by atoms with E-state index in [-0.39, 0.29) is 5.91 Å². The van der Waals surface area contributed by atoms with E-state index in [1.165, 1.54) is 0 Å². The lowest BCUT2D eigenvalue weighted by Gasteiger charge is -2.16. The molecule has 1 aromatic heterocycles. The fourth-order valence-electron chi connectivity index (χ4n) is 3.50. The van der Waals surface area contributed by atoms with Crippen LogP contribution in [-0.2, 0) is 11.2 Å². The monoisotopic (exact) mass is 346 g/mol. The number of aryl methyl sites for hydroxylation is 1. The number of rotatable bonds is 4. The highest BCUT2D eigenvalue weighted by molar-refractivity contribution is 6.30. The molecular weight excluding hydrogens is 328 g/mol. The van der Waals surface area contributed by atoms with Crippen LogP contribution in [0, 0.1) is 11.8 Å². The van der Waals surface area contributed by atoms with Gasteiger partial charge in [-0.3, -0.25) is 4.79 Å². The predicted octanol–water partition coefficient (Wildman–Crippen LogP) is 2.00. The van der Waals surface area contributed by atoms with Crippen molar-refractivity contribution >= 4 is 17.5 Å². The summed E-state index contributed by atoms with van der Waals surface area (Å²) in [6, 6.07) is 7.27. The summed E-state index contributed by atoms with van der Waals surface area (Å²) in [5.41, 5.74) is 0.848. The van der Waals surface area contributed by atoms with E-state index in [9.17, 15) is 4.79 Å². The van der Waals surface area contributed by atoms with E-state index in [1.807, 2.05) is 17.0 Å². The first-order valence-electron chi connectivity index (χ1n) is 8.26. The molecule has 24 heavy (non-hydrogen) atoms. The van der Waals surface area contributed by atoms with Gasteiger partial charge in [-0.25, -0.2) is 0 Å². The van der Waals surface area contributed by atoms with Crippen LogP contribution in [0.2, 0.25) is 5.02 Å². The summed E-state index contributed by atoms with van der Waals surface area (Å²) in [5.74, 6) is 2.43. The molecule has 0 unspecified atom stereocenters. The number of nitrogens with one attached hydrogen (secondary N) is 1. The van der Waals surface area contributed by atoms with Gasteiger partial charge >= 0.3 is 0 Å². The van der Waals surface area contributed by atoms with E-state index < -0.39 is 0 Å². The molecule has 3 heterocycles. The van der Waals surface area contributed by atoms with Gasteiger partial charge in [-0.15, -0.1) is 0 Å². The van der Waals surface area contributed by atoms with Crippen molar-refractivity contribution in [2.75, 3.05) is 26.2 Å². The highest BCUT2D eigenvalue weighted by Gasteiger charge is 2.37. The number of halogens is 1. The zero-order valence-corrected chi connectivity index (χ0v) is 14.0. The van der Waals surface area contributed by atoms with Gasteiger partial charge < -0.3 is 14.7 Å². The molecule has 0 saturated carbocycles. The molecule has 0 radical (unpaired) electrons. The third-order valence-corrected chi connectivity index (χ3v) is 5.12. The molecule has 0 bridgehead atoms. The van der Waals surface area contributed by atoms with Gasteiger partial charge in [0.1, 0.15) is 0 Å². The van der Waals surface area contributed by atoms with Crippen LogP contribution in [0.5, 0.6) is 0 Å². The van der Waals surface area contributed by atoms with E-state index in [4.69, 9.17) is 16.1 Å². The number of nitrogens with zero attached hydrogens (tertiary/aromatic N) is 3. The topological polar surface area (TPSA) is 71.3 Å². The quantitative estimate of drug-likeness (QED) is 0.916. The molecule has 0 aliphatic carbocycles. The lowest BCUT2D eigenvalue weighted by Crippen LogP contribution is -2.32. The molecule has 1 amide bonds. The number of hydrogen-bond donors (Lipinski definition) is 1. The summed E-state index contributed by atoms with van der Waals surface area (Å²) < 4.78 is 5.26. The Morgan fingerprint density at radius 1 is 1.25 bits per heavy atom. The van der Waals surface area contributed by atoms with Crippen LogP contribution in [0.15, 0.2) is 28.8 Å². The zero-order valence-electron chi connectivity index (χ0n) is 13.2. The molecular formula is C17H19ClN4O2. The van der Waals surface area contributed by atoms with Crippen molar-refractivity contribution in [1.29, 1.82) is 0 Å². The standard InChI is InChI=1S/C17H19ClN4O2/c18-14-3-1-11(2-4-14)17-20-15(24-21-17)5-6-16(23)22-9-12-7-19-8-13(12)10-22/h1-4,12-13,19H,5-10H2/t12-,13+. The SMILES string of the molecule is O=C(CCc1nc(-c2ccc(Cl)cc2)no1)N1C[C@H]2CNC[C@H]2C1. The van der Waals surface area contributed by atoms with Gasteiger partial charge in [0.25, 0.3) is 0 Å². The number of hydrogen-bond acceptors (Lipinski definition) is 5. The first-order valence-corrected chi connectivity index (χ1v) is 8.64. The third kappa shape index (κ3) is 3.16. The second kappa shape index (κ2) is 6.53. The number of aromatic nitrogens is 2. The summed E-state index contributed by atoms with van der Waals surface area (Å²) in [7, 11) is 0. The molecule has 4 rings (SSSR count). The average Bonchev–Trinajstić information content (AvgIpc) is 3.29. The van der Waals surface area contributed by atoms with Gasteiger partial charge in [-0.1, -0.05) is 16.8 Å². The molecule has 2 fully saturated rings. The average molecular weight is 347 g/mol. The molecule has 1 aromatic carbocycles. The third-order valence-electron chi connectivity index (χ3n) is 4.87. The number of likely N-dealkylation sites (tertiary alicyclic amines) is 1. The molecule has 126 valence electrons. The van der Waals surface area contributed by atoms with E-state index in [2.05, 4.69) is 15.5 Å². The van der Waals surface area contributed by atoms with Crippen LogP contribution in [0.3, 0.4) is 0 Å². The largest absolute Gasteiger partial charge is 0.342 e. The van der Waals surface area contributed by atoms with Crippen molar-refractivity contribution in [2.24, 2.45) is 11.8 Å². The van der Waals surface area contributed by atoms with Gasteiger partial charge in [0.05, 0.1) is 0 Å². The van der Waals surface area contributed by atoms with Crippen LogP contribution in [-0.4, -0.2) is 47.1 Å². The number of amides is 1. The van der Waals surface area contributed by atoms with Crippen molar-refractivity contribution in [3.8, 4) is 11.4 Å². The fourth-order valence-corrected chi connectivity index (χ4v) is 3.63. The second-order valence-electron chi connectivity index (χ2n) is 6.50. The van der Waals surface area contributed by atoms with Gasteiger partial charge in [0.15, 0.2) is 0 Å². The predicted molar refractivity (Wildman–Crippen MR) is 89.5 cm³/mol. The maximum absolute atomic E-state index is 12.4. The second-order valence-corrected chi connectivity index (χ2v) is 6.93. The van der Waals surface area contributed by atoms with E-state index in [0.717, 1.165) is 31.7 Å². The highest BCUT2D eigenvalue weighted by atomic mass is 35.5. The van der Waals surface area contributed by atoms with E-state index in [1.54, 1.807) is 12.1 Å². The van der Waals surface area contributed by atoms with Crippen molar-refractivity contribution in [3.63, 3.8) is 0 Å². The molecule has 7 heteroatoms. The lowest BCUT2D eigenvalue weighted by atomic mass is 10.0. The summed E-state index contributed by atoms with van der Waals surface area (Å²) in [6.07, 6.45) is 0.888. The van der Waals surface area contributed by atoms with Crippen LogP contribution < -0.4 is 5.32 Å². The van der Waals surface area contributed by atoms with Crippen molar-refractivity contribution in [2.45, 2.75) is 12.8 Å². The van der Waals surface area contributed by atoms with E-state index >= 15 is 0 Å². The molecule has 2 aliphatic heterocycles. The van der Waals surface area contributed by atoms with Gasteiger partial charge in [0.2, 0.25) is 17.6 Å². The minimum atomic E-state index is 0.177. The first-order chi connectivity index (χ1) is 11.7. The smallest absolute Gasteiger partial charge is 0.227 e. The minimum Gasteiger partial charge on any atom is -0.342 e. The molecule has 6 nitrogen and oxygen atoms in total. The van der Waals surface area contributed by atoms with Crippen LogP contribution in [0.4, 0.5) is 0 Å². The van der Waals surface area contributed by atoms with Crippen molar-refractivity contribution in [3.05, 3.63) is 35.2 Å². The van der Waals surface area contributed by atoms with Crippen LogP contribution in [0.1, 0.15) is 12.3 Å². The summed E-state index contributed by atoms with van der Waals surface area (Å²) in [5, 5.41) is 8.02. The Morgan fingerprint density at radius 3 is 2.67 bits per heavy atom. The Hall–Kier alpha value is -1.92. The molecule has 2 atom stereocenters. The van der Waals surface area contributed by atoms with Gasteiger partial charge in [-0.2, -0.15) is 4.98 Å². The van der Waals surface area contributed by atoms with Crippen molar-refractivity contribution < 1.29 is 9.32 Å². The normalized spacial score (nSPS) is 22.8. The molecule has 2 saturated heterocycles. The van der Waals surface area contributed by atoms with Crippen LogP contribution >= 0.6 is 11.6 Å². The fraction of sp³-hybridized carbons (Fsp3) is 0.471. The summed E-state index contributed by atoms with van der Waals surface area (Å²) >= 11 is 5.88. The lowest BCUT2D eigenvalue weighted by molar-refractivity contribution is -0.130. The Labute approximate surface area is 145 Å². The number of benzene rings is 1. The Morgan fingerprint density at radius 2 is 1.96 bits per heavy atom.